The van der Waals surface area contributed by atoms with Gasteiger partial charge in [-0.2, -0.15) is 0 Å². The van der Waals surface area contributed by atoms with Crippen LogP contribution >= 0.6 is 0 Å². The van der Waals surface area contributed by atoms with E-state index in [2.05, 4.69) is 19.6 Å². The van der Waals surface area contributed by atoms with Crippen LogP contribution in [0.4, 0.5) is 4.39 Å². The largest absolute Gasteiger partial charge is 0.478 e. The molecule has 0 radical (unpaired) electrons. The molecule has 0 amide bonds. The van der Waals surface area contributed by atoms with E-state index in [1.807, 2.05) is 20.2 Å². The van der Waals surface area contributed by atoms with Gasteiger partial charge in [0.2, 0.25) is 10.0 Å². The van der Waals surface area contributed by atoms with Crippen molar-refractivity contribution in [1.82, 2.24) is 19.6 Å². The minimum atomic E-state index is -3.41. The number of nitrogens with two attached hydrogens (primary N) is 1. The summed E-state index contributed by atoms with van der Waals surface area (Å²) in [7, 11) is 0.657. The second kappa shape index (κ2) is 14.3. The van der Waals surface area contributed by atoms with E-state index < -0.39 is 16.0 Å². The second-order valence-corrected chi connectivity index (χ2v) is 9.99. The number of nitrogens with one attached hydrogen (secondary N) is 1. The molecule has 3 aromatic rings. The molecule has 194 valence electrons. The Balaban J connectivity index is 0.000000259. The molecule has 4 N–H and O–H groups in total. The molecule has 0 aliphatic carbocycles. The van der Waals surface area contributed by atoms with Crippen molar-refractivity contribution in [2.45, 2.75) is 30.7 Å². The quantitative estimate of drug-likeness (QED) is 0.330. The summed E-state index contributed by atoms with van der Waals surface area (Å²) < 4.78 is 39.7. The third-order valence-corrected chi connectivity index (χ3v) is 6.46. The van der Waals surface area contributed by atoms with Crippen molar-refractivity contribution in [1.29, 1.82) is 0 Å². The van der Waals surface area contributed by atoms with Gasteiger partial charge in [0.15, 0.2) is 5.82 Å². The van der Waals surface area contributed by atoms with Crippen LogP contribution in [0.1, 0.15) is 35.2 Å². The number of carboxylic acid groups (broad SMARTS) is 1. The topological polar surface area (TPSA) is 139 Å². The maximum Gasteiger partial charge on any atom is 0.338 e. The highest BCUT2D eigenvalue weighted by molar-refractivity contribution is 7.89. The maximum absolute atomic E-state index is 12.9. The lowest BCUT2D eigenvalue weighted by atomic mass is 10.2. The van der Waals surface area contributed by atoms with Gasteiger partial charge >= 0.3 is 5.97 Å². The number of nitrogens with zero attached hydrogens (tertiary/aromatic N) is 3. The lowest BCUT2D eigenvalue weighted by molar-refractivity contribution is 0.0696. The minimum absolute atomic E-state index is 0.000142. The first-order chi connectivity index (χ1) is 17.1. The highest BCUT2D eigenvalue weighted by Crippen LogP contribution is 2.15. The average molecular weight is 518 g/mol. The number of aromatic nitrogens is 2. The molecule has 0 fully saturated rings. The molecule has 1 heterocycles. The molecule has 11 heteroatoms. The third kappa shape index (κ3) is 9.78. The van der Waals surface area contributed by atoms with Crippen molar-refractivity contribution in [2.75, 3.05) is 27.2 Å². The highest BCUT2D eigenvalue weighted by Gasteiger charge is 2.13. The van der Waals surface area contributed by atoms with Crippen LogP contribution in [0, 0.1) is 5.82 Å². The van der Waals surface area contributed by atoms with Crippen LogP contribution in [0.5, 0.6) is 0 Å². The minimum Gasteiger partial charge on any atom is -0.478 e. The van der Waals surface area contributed by atoms with Crippen LogP contribution in [0.3, 0.4) is 0 Å². The molecular formula is C25H32FN5O4S. The van der Waals surface area contributed by atoms with Gasteiger partial charge in [-0.1, -0.05) is 30.7 Å². The Hall–Kier alpha value is -3.25. The zero-order valence-corrected chi connectivity index (χ0v) is 21.2. The van der Waals surface area contributed by atoms with Gasteiger partial charge < -0.3 is 15.7 Å². The predicted molar refractivity (Wildman–Crippen MR) is 136 cm³/mol. The van der Waals surface area contributed by atoms with Gasteiger partial charge in [0.25, 0.3) is 0 Å². The molecule has 2 aromatic carbocycles. The Bertz CT molecular complexity index is 1220. The van der Waals surface area contributed by atoms with Crippen molar-refractivity contribution in [3.63, 3.8) is 0 Å². The molecule has 9 nitrogen and oxygen atoms in total. The van der Waals surface area contributed by atoms with Gasteiger partial charge in [0.05, 0.1) is 10.5 Å². The van der Waals surface area contributed by atoms with Gasteiger partial charge in [-0.3, -0.25) is 0 Å². The summed E-state index contributed by atoms with van der Waals surface area (Å²) in [6.07, 6.45) is 5.33. The van der Waals surface area contributed by atoms with Gasteiger partial charge in [-0.25, -0.2) is 32.3 Å². The first kappa shape index (κ1) is 29.0. The van der Waals surface area contributed by atoms with E-state index in [0.29, 0.717) is 24.5 Å². The number of unbranched alkanes of at least 4 members (excludes halogenated alkanes) is 2. The number of hydrogen-bond acceptors (Lipinski definition) is 7. The maximum atomic E-state index is 12.9. The molecule has 0 atom stereocenters. The number of sulfonamides is 1. The van der Waals surface area contributed by atoms with Crippen molar-refractivity contribution in [3.8, 4) is 11.4 Å². The Morgan fingerprint density at radius 3 is 2.36 bits per heavy atom. The van der Waals surface area contributed by atoms with E-state index >= 15 is 0 Å². The monoisotopic (exact) mass is 517 g/mol. The fourth-order valence-corrected chi connectivity index (χ4v) is 4.22. The normalized spacial score (nSPS) is 11.1. The van der Waals surface area contributed by atoms with Crippen LogP contribution in [-0.4, -0.2) is 61.5 Å². The first-order valence-electron chi connectivity index (χ1n) is 11.4. The molecular weight excluding hydrogens is 485 g/mol. The van der Waals surface area contributed by atoms with E-state index in [1.54, 1.807) is 30.3 Å². The third-order valence-electron chi connectivity index (χ3n) is 5.00. The Morgan fingerprint density at radius 1 is 1.06 bits per heavy atom. The zero-order valence-electron chi connectivity index (χ0n) is 20.4. The van der Waals surface area contributed by atoms with E-state index in [0.717, 1.165) is 31.4 Å². The Morgan fingerprint density at radius 2 is 1.75 bits per heavy atom. The van der Waals surface area contributed by atoms with Gasteiger partial charge in [0.1, 0.15) is 5.82 Å². The Labute approximate surface area is 211 Å². The van der Waals surface area contributed by atoms with Crippen LogP contribution in [0.25, 0.3) is 11.4 Å². The summed E-state index contributed by atoms with van der Waals surface area (Å²) in [6, 6.07) is 12.5. The number of carboxylic acids is 1. The summed E-state index contributed by atoms with van der Waals surface area (Å²) in [6.45, 7) is 1.85. The average Bonchev–Trinajstić information content (AvgIpc) is 2.86. The number of hydrogen-bond donors (Lipinski definition) is 3. The highest BCUT2D eigenvalue weighted by atomic mass is 32.2. The molecule has 0 unspecified atom stereocenters. The number of benzene rings is 2. The summed E-state index contributed by atoms with van der Waals surface area (Å²) >= 11 is 0. The van der Waals surface area contributed by atoms with Crippen LogP contribution in [0.15, 0.2) is 65.8 Å². The molecule has 36 heavy (non-hydrogen) atoms. The van der Waals surface area contributed by atoms with E-state index in [9.17, 15) is 17.6 Å². The van der Waals surface area contributed by atoms with Crippen LogP contribution < -0.4 is 10.5 Å². The number of halogens is 1. The van der Waals surface area contributed by atoms with Gasteiger partial charge in [-0.15, -0.1) is 0 Å². The molecule has 0 aliphatic rings. The molecule has 0 bridgehead atoms. The fraction of sp³-hybridized carbons (Fsp3) is 0.320. The standard InChI is InChI=1S/C14H25N3O2S.C11H7FN2O2/c1-17(2)10-5-3-4-9-16-20(18,19)14-8-6-7-13(11-14)12-15;12-9-3-1-2-7(4-9)10-13-5-8(6-14-10)11(15)16/h6-8,11,16H,3-5,9-10,12,15H2,1-2H3;1-6H,(H,15,16). The second-order valence-electron chi connectivity index (χ2n) is 8.22. The molecule has 0 aliphatic heterocycles. The summed E-state index contributed by atoms with van der Waals surface area (Å²) in [5.41, 5.74) is 6.85. The number of rotatable bonds is 11. The van der Waals surface area contributed by atoms with Crippen molar-refractivity contribution in [3.05, 3.63) is 77.9 Å². The Kier molecular flexibility index (Phi) is 11.5. The summed E-state index contributed by atoms with van der Waals surface area (Å²) in [5.74, 6) is -1.18. The summed E-state index contributed by atoms with van der Waals surface area (Å²) in [4.78, 5) is 20.7. The van der Waals surface area contributed by atoms with E-state index in [4.69, 9.17) is 10.8 Å². The molecule has 3 rings (SSSR count). The van der Waals surface area contributed by atoms with E-state index in [1.165, 1.54) is 24.5 Å². The first-order valence-corrected chi connectivity index (χ1v) is 12.9. The van der Waals surface area contributed by atoms with Gasteiger partial charge in [0, 0.05) is 31.0 Å². The lowest BCUT2D eigenvalue weighted by Crippen LogP contribution is -2.25. The SMILES string of the molecule is CN(C)CCCCCNS(=O)(=O)c1cccc(CN)c1.O=C(O)c1cnc(-c2cccc(F)c2)nc1. The lowest BCUT2D eigenvalue weighted by Gasteiger charge is -2.10. The molecule has 1 aromatic heterocycles. The summed E-state index contributed by atoms with van der Waals surface area (Å²) in [5, 5.41) is 8.65. The predicted octanol–water partition coefficient (Wildman–Crippen LogP) is 3.14. The number of aromatic carboxylic acids is 1. The zero-order chi connectivity index (χ0) is 26.6. The van der Waals surface area contributed by atoms with Crippen LogP contribution in [0.2, 0.25) is 0 Å². The molecule has 0 saturated carbocycles. The number of carbonyl (C=O) groups is 1. The van der Waals surface area contributed by atoms with Crippen molar-refractivity contribution >= 4 is 16.0 Å². The fourth-order valence-electron chi connectivity index (χ4n) is 3.07. The molecule has 0 spiro atoms. The van der Waals surface area contributed by atoms with Gasteiger partial charge in [-0.05, 0) is 63.3 Å². The van der Waals surface area contributed by atoms with Crippen molar-refractivity contribution in [2.24, 2.45) is 5.73 Å². The molecule has 0 saturated heterocycles. The smallest absolute Gasteiger partial charge is 0.338 e. The van der Waals surface area contributed by atoms with Crippen molar-refractivity contribution < 1.29 is 22.7 Å². The van der Waals surface area contributed by atoms with Crippen LogP contribution in [-0.2, 0) is 16.6 Å². The van der Waals surface area contributed by atoms with E-state index in [-0.39, 0.29) is 16.3 Å².